The normalized spacial score (nSPS) is 10.5. The van der Waals surface area contributed by atoms with Crippen molar-refractivity contribution in [1.29, 1.82) is 0 Å². The molecule has 0 atom stereocenters. The van der Waals surface area contributed by atoms with Gasteiger partial charge in [0, 0.05) is 29.6 Å². The van der Waals surface area contributed by atoms with Crippen LogP contribution in [0.15, 0.2) is 43.0 Å². The Morgan fingerprint density at radius 3 is 3.00 bits per heavy atom. The van der Waals surface area contributed by atoms with Crippen molar-refractivity contribution < 1.29 is 4.79 Å². The fourth-order valence-electron chi connectivity index (χ4n) is 1.94. The number of aryl methyl sites for hydroxylation is 1. The summed E-state index contributed by atoms with van der Waals surface area (Å²) in [6.07, 6.45) is 7.61. The Morgan fingerprint density at radius 2 is 2.24 bits per heavy atom. The molecule has 0 saturated heterocycles. The van der Waals surface area contributed by atoms with Crippen LogP contribution < -0.4 is 10.6 Å². The first kappa shape index (κ1) is 15.5. The lowest BCUT2D eigenvalue weighted by Gasteiger charge is -2.07. The Hall–Kier alpha value is -1.85. The van der Waals surface area contributed by atoms with Crippen LogP contribution in [0, 0.1) is 0 Å². The van der Waals surface area contributed by atoms with Crippen molar-refractivity contribution in [1.82, 2.24) is 14.9 Å². The lowest BCUT2D eigenvalue weighted by atomic mass is 10.3. The van der Waals surface area contributed by atoms with Gasteiger partial charge in [0.2, 0.25) is 5.91 Å². The quantitative estimate of drug-likeness (QED) is 0.737. The van der Waals surface area contributed by atoms with Crippen molar-refractivity contribution in [3.63, 3.8) is 0 Å². The first-order valence-corrected chi connectivity index (χ1v) is 7.34. The van der Waals surface area contributed by atoms with E-state index in [-0.39, 0.29) is 5.91 Å². The van der Waals surface area contributed by atoms with Crippen LogP contribution in [0.4, 0.5) is 5.69 Å². The zero-order valence-electron chi connectivity index (χ0n) is 11.8. The molecule has 0 aliphatic heterocycles. The Bertz CT molecular complexity index is 557. The van der Waals surface area contributed by atoms with Crippen LogP contribution in [0.3, 0.4) is 0 Å². The van der Waals surface area contributed by atoms with E-state index in [1.807, 2.05) is 29.2 Å². The third kappa shape index (κ3) is 5.97. The average Bonchev–Trinajstić information content (AvgIpc) is 2.96. The number of halogens is 1. The Morgan fingerprint density at radius 1 is 1.33 bits per heavy atom. The smallest absolute Gasteiger partial charge is 0.238 e. The van der Waals surface area contributed by atoms with Gasteiger partial charge in [-0.15, -0.1) is 0 Å². The van der Waals surface area contributed by atoms with Crippen LogP contribution in [0.2, 0.25) is 5.02 Å². The summed E-state index contributed by atoms with van der Waals surface area (Å²) in [5.41, 5.74) is 0.717. The molecule has 0 aliphatic carbocycles. The Kier molecular flexibility index (Phi) is 6.24. The van der Waals surface area contributed by atoms with Crippen molar-refractivity contribution >= 4 is 23.2 Å². The number of hydrogen-bond donors (Lipinski definition) is 2. The molecular weight excluding hydrogens is 288 g/mol. The Balaban J connectivity index is 1.55. The molecular formula is C15H19ClN4O. The maximum atomic E-state index is 11.7. The van der Waals surface area contributed by atoms with Crippen LogP contribution in [0.1, 0.15) is 12.8 Å². The lowest BCUT2D eigenvalue weighted by molar-refractivity contribution is -0.115. The van der Waals surface area contributed by atoms with E-state index in [1.54, 1.807) is 18.3 Å². The molecule has 112 valence electrons. The van der Waals surface area contributed by atoms with Gasteiger partial charge >= 0.3 is 0 Å². The van der Waals surface area contributed by atoms with Crippen LogP contribution in [0.25, 0.3) is 0 Å². The summed E-state index contributed by atoms with van der Waals surface area (Å²) in [4.78, 5) is 15.7. The van der Waals surface area contributed by atoms with Crippen molar-refractivity contribution in [2.45, 2.75) is 19.4 Å². The third-order valence-electron chi connectivity index (χ3n) is 2.97. The molecule has 2 N–H and O–H groups in total. The molecule has 1 aromatic heterocycles. The van der Waals surface area contributed by atoms with Crippen molar-refractivity contribution in [3.8, 4) is 0 Å². The summed E-state index contributed by atoms with van der Waals surface area (Å²) < 4.78 is 2.05. The average molecular weight is 307 g/mol. The van der Waals surface area contributed by atoms with E-state index in [9.17, 15) is 4.79 Å². The van der Waals surface area contributed by atoms with E-state index < -0.39 is 0 Å². The van der Waals surface area contributed by atoms with Gasteiger partial charge in [0.25, 0.3) is 0 Å². The molecule has 0 aliphatic rings. The van der Waals surface area contributed by atoms with Gasteiger partial charge in [-0.3, -0.25) is 4.79 Å². The highest BCUT2D eigenvalue weighted by molar-refractivity contribution is 6.30. The van der Waals surface area contributed by atoms with Gasteiger partial charge in [-0.1, -0.05) is 17.7 Å². The van der Waals surface area contributed by atoms with Gasteiger partial charge in [0.15, 0.2) is 0 Å². The molecule has 0 spiro atoms. The highest BCUT2D eigenvalue weighted by Gasteiger charge is 2.01. The third-order valence-corrected chi connectivity index (χ3v) is 3.21. The Labute approximate surface area is 129 Å². The number of carbonyl (C=O) groups is 1. The summed E-state index contributed by atoms with van der Waals surface area (Å²) in [5.74, 6) is -0.0631. The van der Waals surface area contributed by atoms with Crippen LogP contribution in [-0.2, 0) is 11.3 Å². The topological polar surface area (TPSA) is 59.0 Å². The molecule has 0 bridgehead atoms. The lowest BCUT2D eigenvalue weighted by Crippen LogP contribution is -2.28. The molecule has 2 aromatic rings. The van der Waals surface area contributed by atoms with E-state index in [2.05, 4.69) is 15.6 Å². The standard InChI is InChI=1S/C15H19ClN4O/c16-13-4-3-5-14(10-13)19-15(21)11-17-6-1-2-8-20-9-7-18-12-20/h3-5,7,9-10,12,17H,1-2,6,8,11H2,(H,19,21). The molecule has 5 nitrogen and oxygen atoms in total. The molecule has 21 heavy (non-hydrogen) atoms. The number of rotatable bonds is 8. The monoisotopic (exact) mass is 306 g/mol. The van der Waals surface area contributed by atoms with Gasteiger partial charge in [-0.25, -0.2) is 4.98 Å². The number of unbranched alkanes of at least 4 members (excludes halogenated alkanes) is 1. The largest absolute Gasteiger partial charge is 0.337 e. The molecule has 0 fully saturated rings. The second-order valence-corrected chi connectivity index (χ2v) is 5.18. The summed E-state index contributed by atoms with van der Waals surface area (Å²) >= 11 is 5.86. The summed E-state index contributed by atoms with van der Waals surface area (Å²) in [7, 11) is 0. The number of imidazole rings is 1. The molecule has 1 heterocycles. The van der Waals surface area contributed by atoms with Gasteiger partial charge < -0.3 is 15.2 Å². The highest BCUT2D eigenvalue weighted by Crippen LogP contribution is 2.14. The summed E-state index contributed by atoms with van der Waals surface area (Å²) in [6.45, 7) is 2.08. The van der Waals surface area contributed by atoms with E-state index >= 15 is 0 Å². The van der Waals surface area contributed by atoms with E-state index in [1.165, 1.54) is 0 Å². The van der Waals surface area contributed by atoms with Gasteiger partial charge in [-0.2, -0.15) is 0 Å². The number of aromatic nitrogens is 2. The summed E-state index contributed by atoms with van der Waals surface area (Å²) in [6, 6.07) is 7.12. The molecule has 6 heteroatoms. The van der Waals surface area contributed by atoms with Crippen LogP contribution in [-0.4, -0.2) is 28.5 Å². The SMILES string of the molecule is O=C(CNCCCCn1ccnc1)Nc1cccc(Cl)c1. The maximum Gasteiger partial charge on any atom is 0.238 e. The number of nitrogens with one attached hydrogen (secondary N) is 2. The second-order valence-electron chi connectivity index (χ2n) is 4.74. The minimum atomic E-state index is -0.0631. The highest BCUT2D eigenvalue weighted by atomic mass is 35.5. The number of carbonyl (C=O) groups excluding carboxylic acids is 1. The molecule has 2 rings (SSSR count). The predicted octanol–water partition coefficient (Wildman–Crippen LogP) is 2.54. The first-order chi connectivity index (χ1) is 10.2. The van der Waals surface area contributed by atoms with Gasteiger partial charge in [0.05, 0.1) is 12.9 Å². The van der Waals surface area contributed by atoms with Gasteiger partial charge in [-0.05, 0) is 37.6 Å². The van der Waals surface area contributed by atoms with Crippen molar-refractivity contribution in [2.75, 3.05) is 18.4 Å². The second kappa shape index (κ2) is 8.44. The van der Waals surface area contributed by atoms with Gasteiger partial charge in [0.1, 0.15) is 0 Å². The number of anilines is 1. The first-order valence-electron chi connectivity index (χ1n) is 6.96. The maximum absolute atomic E-state index is 11.7. The molecule has 0 saturated carbocycles. The molecule has 0 unspecified atom stereocenters. The number of amides is 1. The summed E-state index contributed by atoms with van der Waals surface area (Å²) in [5, 5.41) is 6.54. The van der Waals surface area contributed by atoms with E-state index in [0.29, 0.717) is 11.6 Å². The number of hydrogen-bond acceptors (Lipinski definition) is 3. The van der Waals surface area contributed by atoms with E-state index in [4.69, 9.17) is 11.6 Å². The zero-order chi connectivity index (χ0) is 14.9. The minimum absolute atomic E-state index is 0.0631. The molecule has 1 aromatic carbocycles. The fourth-order valence-corrected chi connectivity index (χ4v) is 2.13. The number of benzene rings is 1. The zero-order valence-corrected chi connectivity index (χ0v) is 12.5. The minimum Gasteiger partial charge on any atom is -0.337 e. The molecule has 0 radical (unpaired) electrons. The van der Waals surface area contributed by atoms with Crippen LogP contribution in [0.5, 0.6) is 0 Å². The van der Waals surface area contributed by atoms with E-state index in [0.717, 1.165) is 31.6 Å². The number of nitrogens with zero attached hydrogens (tertiary/aromatic N) is 2. The van der Waals surface area contributed by atoms with Crippen molar-refractivity contribution in [3.05, 3.63) is 48.0 Å². The molecule has 1 amide bonds. The van der Waals surface area contributed by atoms with Crippen LogP contribution >= 0.6 is 11.6 Å². The van der Waals surface area contributed by atoms with Crippen molar-refractivity contribution in [2.24, 2.45) is 0 Å². The fraction of sp³-hybridized carbons (Fsp3) is 0.333. The predicted molar refractivity (Wildman–Crippen MR) is 84.4 cm³/mol.